The molecular formula is C21H24N2O3S. The molecule has 1 fully saturated rings. The number of furan rings is 1. The Labute approximate surface area is 163 Å². The minimum Gasteiger partial charge on any atom is -0.468 e. The second-order valence-electron chi connectivity index (χ2n) is 7.18. The number of thioether (sulfide) groups is 1. The van der Waals surface area contributed by atoms with Gasteiger partial charge in [-0.1, -0.05) is 31.4 Å². The summed E-state index contributed by atoms with van der Waals surface area (Å²) in [6.45, 7) is 0.0672. The Balaban J connectivity index is 1.53. The van der Waals surface area contributed by atoms with Gasteiger partial charge in [-0.3, -0.25) is 9.59 Å². The average molecular weight is 385 g/mol. The van der Waals surface area contributed by atoms with E-state index in [1.165, 1.54) is 6.42 Å². The molecule has 1 saturated carbocycles. The number of carbonyl (C=O) groups excluding carboxylic acids is 2. The summed E-state index contributed by atoms with van der Waals surface area (Å²) in [6, 6.07) is 11.8. The Morgan fingerprint density at radius 3 is 2.74 bits per heavy atom. The van der Waals surface area contributed by atoms with Crippen LogP contribution in [-0.2, 0) is 9.59 Å². The van der Waals surface area contributed by atoms with Gasteiger partial charge in [0, 0.05) is 17.4 Å². The van der Waals surface area contributed by atoms with E-state index in [0.29, 0.717) is 6.42 Å². The maximum absolute atomic E-state index is 13.0. The third-order valence-electron chi connectivity index (χ3n) is 5.22. The number of rotatable bonds is 4. The van der Waals surface area contributed by atoms with Crippen LogP contribution in [0.2, 0.25) is 0 Å². The predicted octanol–water partition coefficient (Wildman–Crippen LogP) is 4.30. The number of amides is 2. The van der Waals surface area contributed by atoms with E-state index in [4.69, 9.17) is 4.42 Å². The lowest BCUT2D eigenvalue weighted by molar-refractivity contribution is -0.124. The number of nitrogens with one attached hydrogen (secondary N) is 1. The van der Waals surface area contributed by atoms with Gasteiger partial charge in [-0.2, -0.15) is 0 Å². The van der Waals surface area contributed by atoms with Crippen molar-refractivity contribution in [2.24, 2.45) is 0 Å². The average Bonchev–Trinajstić information content (AvgIpc) is 3.17. The van der Waals surface area contributed by atoms with Crippen molar-refractivity contribution in [3.63, 3.8) is 0 Å². The zero-order chi connectivity index (χ0) is 18.6. The van der Waals surface area contributed by atoms with Gasteiger partial charge in [0.25, 0.3) is 0 Å². The van der Waals surface area contributed by atoms with Crippen LogP contribution < -0.4 is 10.2 Å². The Bertz CT molecular complexity index is 800. The summed E-state index contributed by atoms with van der Waals surface area (Å²) in [5, 5.41) is 3.04. The van der Waals surface area contributed by atoms with Gasteiger partial charge in [0.15, 0.2) is 0 Å². The van der Waals surface area contributed by atoms with Crippen molar-refractivity contribution in [3.05, 3.63) is 48.4 Å². The van der Waals surface area contributed by atoms with Crippen LogP contribution in [-0.4, -0.2) is 24.4 Å². The van der Waals surface area contributed by atoms with Crippen LogP contribution in [0.1, 0.15) is 49.5 Å². The number of hydrogen-bond acceptors (Lipinski definition) is 4. The molecule has 0 bridgehead atoms. The number of hydrogen-bond donors (Lipinski definition) is 1. The smallest absolute Gasteiger partial charge is 0.240 e. The highest BCUT2D eigenvalue weighted by Crippen LogP contribution is 2.45. The highest BCUT2D eigenvalue weighted by molar-refractivity contribution is 7.99. The first-order chi connectivity index (χ1) is 13.2. The molecule has 0 unspecified atom stereocenters. The van der Waals surface area contributed by atoms with Gasteiger partial charge in [0.1, 0.15) is 12.3 Å². The second-order valence-corrected chi connectivity index (χ2v) is 8.42. The summed E-state index contributed by atoms with van der Waals surface area (Å²) in [6.07, 6.45) is 7.58. The second kappa shape index (κ2) is 8.21. The monoisotopic (exact) mass is 384 g/mol. The van der Waals surface area contributed by atoms with Crippen molar-refractivity contribution >= 4 is 29.3 Å². The molecule has 2 amide bonds. The Morgan fingerprint density at radius 2 is 1.96 bits per heavy atom. The first-order valence-electron chi connectivity index (χ1n) is 9.59. The third-order valence-corrected chi connectivity index (χ3v) is 6.50. The molecule has 5 nitrogen and oxygen atoms in total. The molecule has 1 aromatic heterocycles. The lowest BCUT2D eigenvalue weighted by Gasteiger charge is -2.26. The van der Waals surface area contributed by atoms with Gasteiger partial charge in [-0.15, -0.1) is 11.8 Å². The van der Waals surface area contributed by atoms with Crippen molar-refractivity contribution in [2.45, 2.75) is 54.7 Å². The van der Waals surface area contributed by atoms with Crippen molar-refractivity contribution in [2.75, 3.05) is 11.4 Å². The topological polar surface area (TPSA) is 62.6 Å². The predicted molar refractivity (Wildman–Crippen MR) is 106 cm³/mol. The third kappa shape index (κ3) is 4.21. The quantitative estimate of drug-likeness (QED) is 0.854. The molecule has 1 N–H and O–H groups in total. The van der Waals surface area contributed by atoms with E-state index in [0.717, 1.165) is 42.0 Å². The van der Waals surface area contributed by atoms with Crippen LogP contribution in [0, 0.1) is 0 Å². The number of para-hydroxylation sites is 1. The molecule has 0 spiro atoms. The number of anilines is 1. The number of benzene rings is 1. The van der Waals surface area contributed by atoms with Crippen molar-refractivity contribution in [1.82, 2.24) is 5.32 Å². The zero-order valence-electron chi connectivity index (χ0n) is 15.2. The lowest BCUT2D eigenvalue weighted by Crippen LogP contribution is -2.45. The van der Waals surface area contributed by atoms with Crippen LogP contribution in [0.4, 0.5) is 5.69 Å². The van der Waals surface area contributed by atoms with E-state index in [-0.39, 0.29) is 29.7 Å². The van der Waals surface area contributed by atoms with E-state index in [9.17, 15) is 9.59 Å². The van der Waals surface area contributed by atoms with Crippen LogP contribution in [0.5, 0.6) is 0 Å². The molecule has 1 atom stereocenters. The Hall–Kier alpha value is -2.21. The van der Waals surface area contributed by atoms with Gasteiger partial charge in [-0.05, 0) is 37.1 Å². The SMILES string of the molecule is O=C(CN1C(=O)C[C@@H](c2ccco2)Sc2ccccc21)NC1CCCCC1. The summed E-state index contributed by atoms with van der Waals surface area (Å²) in [5.74, 6) is 0.663. The first-order valence-corrected chi connectivity index (χ1v) is 10.5. The van der Waals surface area contributed by atoms with E-state index >= 15 is 0 Å². The molecule has 142 valence electrons. The normalized spacial score (nSPS) is 20.8. The molecule has 0 radical (unpaired) electrons. The zero-order valence-corrected chi connectivity index (χ0v) is 16.0. The minimum absolute atomic E-state index is 0.0485. The molecule has 0 saturated heterocycles. The summed E-state index contributed by atoms with van der Waals surface area (Å²) in [5.41, 5.74) is 0.806. The van der Waals surface area contributed by atoms with E-state index in [1.54, 1.807) is 22.9 Å². The summed E-state index contributed by atoms with van der Waals surface area (Å²) >= 11 is 1.62. The Kier molecular flexibility index (Phi) is 5.53. The highest BCUT2D eigenvalue weighted by atomic mass is 32.2. The molecule has 1 aliphatic heterocycles. The summed E-state index contributed by atoms with van der Waals surface area (Å²) < 4.78 is 5.54. The maximum atomic E-state index is 13.0. The standard InChI is InChI=1S/C21H24N2O3S/c24-20(22-15-7-2-1-3-8-15)14-23-16-9-4-5-11-18(16)27-19(13-21(23)25)17-10-6-12-26-17/h4-6,9-12,15,19H,1-3,7-8,13-14H2,(H,22,24)/t19-/m0/s1. The molecule has 2 aromatic rings. The number of fused-ring (bicyclic) bond motifs is 1. The Morgan fingerprint density at radius 1 is 1.15 bits per heavy atom. The number of carbonyl (C=O) groups is 2. The van der Waals surface area contributed by atoms with Crippen LogP contribution in [0.3, 0.4) is 0 Å². The largest absolute Gasteiger partial charge is 0.468 e. The maximum Gasteiger partial charge on any atom is 0.240 e. The molecule has 6 heteroatoms. The molecule has 27 heavy (non-hydrogen) atoms. The molecule has 2 heterocycles. The molecular weight excluding hydrogens is 360 g/mol. The van der Waals surface area contributed by atoms with Crippen LogP contribution >= 0.6 is 11.8 Å². The van der Waals surface area contributed by atoms with Gasteiger partial charge in [0.05, 0.1) is 17.2 Å². The highest BCUT2D eigenvalue weighted by Gasteiger charge is 2.31. The van der Waals surface area contributed by atoms with E-state index in [2.05, 4.69) is 5.32 Å². The van der Waals surface area contributed by atoms with Gasteiger partial charge in [-0.25, -0.2) is 0 Å². The summed E-state index contributed by atoms with van der Waals surface area (Å²) in [4.78, 5) is 28.3. The summed E-state index contributed by atoms with van der Waals surface area (Å²) in [7, 11) is 0. The van der Waals surface area contributed by atoms with Crippen molar-refractivity contribution < 1.29 is 14.0 Å². The van der Waals surface area contributed by atoms with Crippen LogP contribution in [0.15, 0.2) is 52.0 Å². The molecule has 2 aliphatic rings. The molecule has 1 aliphatic carbocycles. The van der Waals surface area contributed by atoms with E-state index in [1.807, 2.05) is 36.4 Å². The fourth-order valence-corrected chi connectivity index (χ4v) is 5.09. The van der Waals surface area contributed by atoms with E-state index < -0.39 is 0 Å². The molecule has 1 aromatic carbocycles. The fraction of sp³-hybridized carbons (Fsp3) is 0.429. The van der Waals surface area contributed by atoms with Crippen LogP contribution in [0.25, 0.3) is 0 Å². The van der Waals surface area contributed by atoms with Gasteiger partial charge < -0.3 is 14.6 Å². The minimum atomic E-state index is -0.0833. The fourth-order valence-electron chi connectivity index (χ4n) is 3.85. The molecule has 4 rings (SSSR count). The van der Waals surface area contributed by atoms with Gasteiger partial charge in [0.2, 0.25) is 11.8 Å². The van der Waals surface area contributed by atoms with Gasteiger partial charge >= 0.3 is 0 Å². The first kappa shape index (κ1) is 18.2. The lowest BCUT2D eigenvalue weighted by atomic mass is 9.95. The van der Waals surface area contributed by atoms with Crippen molar-refractivity contribution in [1.29, 1.82) is 0 Å². The van der Waals surface area contributed by atoms with Crippen molar-refractivity contribution in [3.8, 4) is 0 Å². The number of nitrogens with zero attached hydrogens (tertiary/aromatic N) is 1.